The van der Waals surface area contributed by atoms with E-state index in [1.54, 1.807) is 6.07 Å². The van der Waals surface area contributed by atoms with E-state index in [1.807, 2.05) is 0 Å². The summed E-state index contributed by atoms with van der Waals surface area (Å²) in [7, 11) is 0. The van der Waals surface area contributed by atoms with Gasteiger partial charge in [0, 0.05) is 6.04 Å². The Hall–Kier alpha value is -1.03. The van der Waals surface area contributed by atoms with Crippen LogP contribution in [0.1, 0.15) is 30.0 Å². The first-order valence-electron chi connectivity index (χ1n) is 4.49. The lowest BCUT2D eigenvalue weighted by molar-refractivity contribution is 0.146. The largest absolute Gasteiger partial charge is 0.310 e. The molecule has 1 unspecified atom stereocenters. The molecule has 4 heteroatoms. The van der Waals surface area contributed by atoms with Gasteiger partial charge in [0.1, 0.15) is 5.82 Å². The van der Waals surface area contributed by atoms with Gasteiger partial charge in [0.25, 0.3) is 6.43 Å². The Balaban J connectivity index is 2.25. The van der Waals surface area contributed by atoms with E-state index in [-0.39, 0.29) is 6.04 Å². The van der Waals surface area contributed by atoms with Gasteiger partial charge in [-0.3, -0.25) is 0 Å². The molecular formula is C10H10F3N. The lowest BCUT2D eigenvalue weighted by atomic mass is 9.97. The third-order valence-corrected chi connectivity index (χ3v) is 2.49. The zero-order valence-electron chi connectivity index (χ0n) is 7.43. The first-order valence-corrected chi connectivity index (χ1v) is 4.49. The van der Waals surface area contributed by atoms with Crippen LogP contribution in [0, 0.1) is 5.82 Å². The molecule has 0 amide bonds. The van der Waals surface area contributed by atoms with Gasteiger partial charge in [-0.15, -0.1) is 0 Å². The zero-order valence-corrected chi connectivity index (χ0v) is 7.43. The predicted octanol–water partition coefficient (Wildman–Crippen LogP) is 2.80. The summed E-state index contributed by atoms with van der Waals surface area (Å²) in [5.74, 6) is -0.814. The van der Waals surface area contributed by atoms with E-state index in [4.69, 9.17) is 0 Å². The standard InChI is InChI=1S/C10H10F3N/c11-8-5-6(9-3-4-14-9)1-2-7(8)10(12)13/h1-2,5,9-10,14H,3-4H2. The molecule has 0 bridgehead atoms. The lowest BCUT2D eigenvalue weighted by Gasteiger charge is -2.28. The highest BCUT2D eigenvalue weighted by molar-refractivity contribution is 5.28. The van der Waals surface area contributed by atoms with Crippen LogP contribution in [-0.4, -0.2) is 6.54 Å². The first kappa shape index (κ1) is 9.52. The van der Waals surface area contributed by atoms with Gasteiger partial charge in [0.15, 0.2) is 0 Å². The van der Waals surface area contributed by atoms with Crippen molar-refractivity contribution in [1.29, 1.82) is 0 Å². The van der Waals surface area contributed by atoms with Crippen LogP contribution in [0.2, 0.25) is 0 Å². The minimum absolute atomic E-state index is 0.135. The fraction of sp³-hybridized carbons (Fsp3) is 0.400. The van der Waals surface area contributed by atoms with Crippen molar-refractivity contribution in [3.8, 4) is 0 Å². The molecule has 1 aliphatic rings. The highest BCUT2D eigenvalue weighted by Gasteiger charge is 2.21. The van der Waals surface area contributed by atoms with Crippen molar-refractivity contribution >= 4 is 0 Å². The molecule has 0 saturated carbocycles. The summed E-state index contributed by atoms with van der Waals surface area (Å²) in [5, 5.41) is 3.08. The molecule has 0 aliphatic carbocycles. The Labute approximate surface area is 79.9 Å². The second kappa shape index (κ2) is 3.61. The van der Waals surface area contributed by atoms with Gasteiger partial charge in [-0.05, 0) is 24.6 Å². The second-order valence-corrected chi connectivity index (χ2v) is 3.38. The average molecular weight is 201 g/mol. The highest BCUT2D eigenvalue weighted by atomic mass is 19.3. The molecule has 1 aromatic rings. The molecule has 76 valence electrons. The first-order chi connectivity index (χ1) is 6.68. The topological polar surface area (TPSA) is 12.0 Å². The molecule has 1 saturated heterocycles. The molecule has 1 nitrogen and oxygen atoms in total. The Kier molecular flexibility index (Phi) is 2.46. The fourth-order valence-electron chi connectivity index (χ4n) is 1.51. The molecule has 1 heterocycles. The van der Waals surface area contributed by atoms with Crippen molar-refractivity contribution in [3.63, 3.8) is 0 Å². The zero-order chi connectivity index (χ0) is 10.1. The number of nitrogens with one attached hydrogen (secondary N) is 1. The molecule has 1 atom stereocenters. The average Bonchev–Trinajstić information content (AvgIpc) is 2.00. The smallest absolute Gasteiger partial charge is 0.266 e. The number of alkyl halides is 2. The van der Waals surface area contributed by atoms with E-state index in [9.17, 15) is 13.2 Å². The Bertz CT molecular complexity index is 334. The summed E-state index contributed by atoms with van der Waals surface area (Å²) >= 11 is 0. The maximum absolute atomic E-state index is 13.1. The minimum Gasteiger partial charge on any atom is -0.310 e. The van der Waals surface area contributed by atoms with Crippen molar-refractivity contribution in [2.24, 2.45) is 0 Å². The lowest BCUT2D eigenvalue weighted by Crippen LogP contribution is -2.34. The van der Waals surface area contributed by atoms with E-state index in [0.717, 1.165) is 24.6 Å². The molecule has 1 aromatic carbocycles. The number of hydrogen-bond acceptors (Lipinski definition) is 1. The van der Waals surface area contributed by atoms with E-state index in [2.05, 4.69) is 5.32 Å². The maximum Gasteiger partial charge on any atom is 0.266 e. The summed E-state index contributed by atoms with van der Waals surface area (Å²) in [6.45, 7) is 0.906. The van der Waals surface area contributed by atoms with Gasteiger partial charge < -0.3 is 5.32 Å². The Morgan fingerprint density at radius 2 is 2.07 bits per heavy atom. The van der Waals surface area contributed by atoms with Crippen LogP contribution in [-0.2, 0) is 0 Å². The van der Waals surface area contributed by atoms with Crippen LogP contribution in [0.15, 0.2) is 18.2 Å². The van der Waals surface area contributed by atoms with Crippen LogP contribution < -0.4 is 5.32 Å². The van der Waals surface area contributed by atoms with E-state index >= 15 is 0 Å². The second-order valence-electron chi connectivity index (χ2n) is 3.38. The molecule has 1 fully saturated rings. The van der Waals surface area contributed by atoms with Gasteiger partial charge in [0.2, 0.25) is 0 Å². The summed E-state index contributed by atoms with van der Waals surface area (Å²) in [6.07, 6.45) is -1.80. The monoisotopic (exact) mass is 201 g/mol. The summed E-state index contributed by atoms with van der Waals surface area (Å²) in [6, 6.07) is 4.05. The molecule has 1 aliphatic heterocycles. The third-order valence-electron chi connectivity index (χ3n) is 2.49. The van der Waals surface area contributed by atoms with Crippen molar-refractivity contribution < 1.29 is 13.2 Å². The summed E-state index contributed by atoms with van der Waals surface area (Å²) in [5.41, 5.74) is 0.228. The SMILES string of the molecule is Fc1cc(C2CCN2)ccc1C(F)F. The Morgan fingerprint density at radius 3 is 2.50 bits per heavy atom. The molecule has 1 N–H and O–H groups in total. The molecule has 14 heavy (non-hydrogen) atoms. The van der Waals surface area contributed by atoms with Crippen LogP contribution in [0.3, 0.4) is 0 Å². The Morgan fingerprint density at radius 1 is 1.36 bits per heavy atom. The normalized spacial score (nSPS) is 21.0. The van der Waals surface area contributed by atoms with Gasteiger partial charge in [0.05, 0.1) is 5.56 Å². The maximum atomic E-state index is 13.1. The van der Waals surface area contributed by atoms with Crippen molar-refractivity contribution in [2.75, 3.05) is 6.54 Å². The summed E-state index contributed by atoms with van der Waals surface area (Å²) < 4.78 is 37.5. The van der Waals surface area contributed by atoms with Gasteiger partial charge in [-0.25, -0.2) is 13.2 Å². The third kappa shape index (κ3) is 1.62. The minimum atomic E-state index is -2.74. The summed E-state index contributed by atoms with van der Waals surface area (Å²) in [4.78, 5) is 0. The number of benzene rings is 1. The molecule has 0 spiro atoms. The van der Waals surface area contributed by atoms with E-state index in [1.165, 1.54) is 6.07 Å². The molecule has 0 radical (unpaired) electrons. The van der Waals surface area contributed by atoms with E-state index < -0.39 is 17.8 Å². The van der Waals surface area contributed by atoms with Gasteiger partial charge in [-0.1, -0.05) is 12.1 Å². The number of rotatable bonds is 2. The van der Waals surface area contributed by atoms with Gasteiger partial charge >= 0.3 is 0 Å². The van der Waals surface area contributed by atoms with Crippen molar-refractivity contribution in [1.82, 2.24) is 5.32 Å². The van der Waals surface area contributed by atoms with Crippen LogP contribution >= 0.6 is 0 Å². The van der Waals surface area contributed by atoms with Crippen LogP contribution in [0.25, 0.3) is 0 Å². The van der Waals surface area contributed by atoms with Crippen molar-refractivity contribution in [2.45, 2.75) is 18.9 Å². The predicted molar refractivity (Wildman–Crippen MR) is 46.7 cm³/mol. The van der Waals surface area contributed by atoms with Crippen LogP contribution in [0.5, 0.6) is 0 Å². The van der Waals surface area contributed by atoms with E-state index in [0.29, 0.717) is 0 Å². The molecular weight excluding hydrogens is 191 g/mol. The van der Waals surface area contributed by atoms with Gasteiger partial charge in [-0.2, -0.15) is 0 Å². The quantitative estimate of drug-likeness (QED) is 0.775. The highest BCUT2D eigenvalue weighted by Crippen LogP contribution is 2.28. The number of hydrogen-bond donors (Lipinski definition) is 1. The van der Waals surface area contributed by atoms with Crippen LogP contribution in [0.4, 0.5) is 13.2 Å². The molecule has 0 aromatic heterocycles. The number of halogens is 3. The fourth-order valence-corrected chi connectivity index (χ4v) is 1.51. The molecule has 2 rings (SSSR count). The van der Waals surface area contributed by atoms with Crippen molar-refractivity contribution in [3.05, 3.63) is 35.1 Å².